The van der Waals surface area contributed by atoms with Crippen molar-refractivity contribution in [1.82, 2.24) is 19.9 Å². The molecule has 30 heavy (non-hydrogen) atoms. The van der Waals surface area contributed by atoms with Gasteiger partial charge in [-0.2, -0.15) is 0 Å². The molecule has 0 aliphatic heterocycles. The summed E-state index contributed by atoms with van der Waals surface area (Å²) in [6, 6.07) is 6.36. The van der Waals surface area contributed by atoms with Crippen molar-refractivity contribution >= 4 is 17.4 Å². The number of hydrogen-bond donors (Lipinski definition) is 2. The number of ketones is 1. The zero-order valence-corrected chi connectivity index (χ0v) is 16.4. The van der Waals surface area contributed by atoms with Gasteiger partial charge in [0.25, 0.3) is 5.56 Å². The molecule has 9 heteroatoms. The third kappa shape index (κ3) is 4.81. The fourth-order valence-corrected chi connectivity index (χ4v) is 2.68. The molecule has 2 aromatic heterocycles. The van der Waals surface area contributed by atoms with Gasteiger partial charge in [-0.15, -0.1) is 0 Å². The molecule has 1 aromatic carbocycles. The molecule has 0 fully saturated rings. The first-order chi connectivity index (χ1) is 14.4. The highest BCUT2D eigenvalue weighted by molar-refractivity contribution is 6.08. The number of halogens is 1. The molecule has 2 heterocycles. The smallest absolute Gasteiger partial charge is 0.277 e. The van der Waals surface area contributed by atoms with Crippen LogP contribution in [0.2, 0.25) is 0 Å². The van der Waals surface area contributed by atoms with Crippen LogP contribution in [0.5, 0.6) is 0 Å². The predicted molar refractivity (Wildman–Crippen MR) is 109 cm³/mol. The zero-order valence-electron chi connectivity index (χ0n) is 16.4. The first kappa shape index (κ1) is 21.0. The van der Waals surface area contributed by atoms with Gasteiger partial charge < -0.3 is 10.6 Å². The number of nitrogens with zero attached hydrogens (tertiary/aromatic N) is 3. The Balaban J connectivity index is 1.82. The lowest BCUT2D eigenvalue weighted by Crippen LogP contribution is -2.37. The van der Waals surface area contributed by atoms with Crippen molar-refractivity contribution in [2.75, 3.05) is 12.4 Å². The topological polar surface area (TPSA) is 106 Å². The molecule has 0 aliphatic carbocycles. The lowest BCUT2D eigenvalue weighted by molar-refractivity contribution is -0.117. The molecule has 0 unspecified atom stereocenters. The highest BCUT2D eigenvalue weighted by Gasteiger charge is 2.14. The standard InChI is InChI=1S/C21H20FN5O3/c1-13(23-2)20(29)26-18-10-25-12-27(21(18)30)11-14-7-16(9-24-8-14)19(28)15-3-5-17(22)6-4-15/h3-10,12-13,23H,11H2,1-2H3,(H,26,29)/t13-/m0/s1. The molecule has 0 radical (unpaired) electrons. The number of hydrogen-bond acceptors (Lipinski definition) is 6. The molecule has 0 saturated carbocycles. The van der Waals surface area contributed by atoms with Gasteiger partial charge in [0.05, 0.1) is 25.1 Å². The van der Waals surface area contributed by atoms with E-state index in [2.05, 4.69) is 20.6 Å². The fourth-order valence-electron chi connectivity index (χ4n) is 2.68. The summed E-state index contributed by atoms with van der Waals surface area (Å²) in [6.45, 7) is 1.77. The van der Waals surface area contributed by atoms with Gasteiger partial charge in [0.2, 0.25) is 5.91 Å². The van der Waals surface area contributed by atoms with Gasteiger partial charge in [-0.3, -0.25) is 23.9 Å². The first-order valence-corrected chi connectivity index (χ1v) is 9.16. The summed E-state index contributed by atoms with van der Waals surface area (Å²) in [5.41, 5.74) is 0.858. The number of carbonyl (C=O) groups excluding carboxylic acids is 2. The molecule has 0 spiro atoms. The third-order valence-electron chi connectivity index (χ3n) is 4.50. The van der Waals surface area contributed by atoms with Gasteiger partial charge in [0.15, 0.2) is 5.78 Å². The summed E-state index contributed by atoms with van der Waals surface area (Å²) in [7, 11) is 1.64. The van der Waals surface area contributed by atoms with E-state index in [1.165, 1.54) is 53.8 Å². The molecule has 0 saturated heterocycles. The predicted octanol–water partition coefficient (Wildman–Crippen LogP) is 1.60. The Morgan fingerprint density at radius 2 is 1.83 bits per heavy atom. The van der Waals surface area contributed by atoms with Gasteiger partial charge in [-0.05, 0) is 49.9 Å². The molecule has 1 amide bonds. The number of aromatic nitrogens is 3. The Labute approximate surface area is 171 Å². The van der Waals surface area contributed by atoms with Crippen LogP contribution in [-0.4, -0.2) is 39.3 Å². The molecular formula is C21H20FN5O3. The lowest BCUT2D eigenvalue weighted by atomic mass is 10.0. The van der Waals surface area contributed by atoms with Gasteiger partial charge >= 0.3 is 0 Å². The summed E-state index contributed by atoms with van der Waals surface area (Å²) >= 11 is 0. The molecule has 0 bridgehead atoms. The summed E-state index contributed by atoms with van der Waals surface area (Å²) in [5.74, 6) is -1.10. The molecular weight excluding hydrogens is 389 g/mol. The van der Waals surface area contributed by atoms with E-state index in [0.29, 0.717) is 16.7 Å². The quantitative estimate of drug-likeness (QED) is 0.574. The second-order valence-electron chi connectivity index (χ2n) is 6.66. The second-order valence-corrected chi connectivity index (χ2v) is 6.66. The Bertz CT molecular complexity index is 1130. The molecule has 154 valence electrons. The summed E-state index contributed by atoms with van der Waals surface area (Å²) in [4.78, 5) is 45.3. The van der Waals surface area contributed by atoms with Crippen LogP contribution < -0.4 is 16.2 Å². The third-order valence-corrected chi connectivity index (χ3v) is 4.50. The SMILES string of the molecule is CN[C@@H](C)C(=O)Nc1cncn(Cc2cncc(C(=O)c3ccc(F)cc3)c2)c1=O. The summed E-state index contributed by atoms with van der Waals surface area (Å²) in [5, 5.41) is 5.33. The maximum atomic E-state index is 13.1. The Morgan fingerprint density at radius 1 is 1.10 bits per heavy atom. The number of likely N-dealkylation sites (N-methyl/N-ethyl adjacent to an activating group) is 1. The van der Waals surface area contributed by atoms with Crippen molar-refractivity contribution < 1.29 is 14.0 Å². The second kappa shape index (κ2) is 9.19. The number of pyridine rings is 1. The highest BCUT2D eigenvalue weighted by atomic mass is 19.1. The molecule has 0 aliphatic rings. The van der Waals surface area contributed by atoms with E-state index in [-0.39, 0.29) is 23.9 Å². The lowest BCUT2D eigenvalue weighted by Gasteiger charge is -2.12. The van der Waals surface area contributed by atoms with Crippen LogP contribution in [0.15, 0.2) is 60.0 Å². The summed E-state index contributed by atoms with van der Waals surface area (Å²) < 4.78 is 14.4. The van der Waals surface area contributed by atoms with Crippen LogP contribution in [0.25, 0.3) is 0 Å². The van der Waals surface area contributed by atoms with Crippen LogP contribution in [0.1, 0.15) is 28.4 Å². The van der Waals surface area contributed by atoms with Crippen LogP contribution in [0.3, 0.4) is 0 Å². The van der Waals surface area contributed by atoms with Crippen molar-refractivity contribution in [3.63, 3.8) is 0 Å². The fraction of sp³-hybridized carbons (Fsp3) is 0.190. The number of rotatable bonds is 7. The maximum Gasteiger partial charge on any atom is 0.277 e. The maximum absolute atomic E-state index is 13.1. The van der Waals surface area contributed by atoms with Crippen molar-refractivity contribution in [3.05, 3.63) is 88.1 Å². The van der Waals surface area contributed by atoms with E-state index in [1.807, 2.05) is 0 Å². The van der Waals surface area contributed by atoms with Gasteiger partial charge in [-0.1, -0.05) is 0 Å². The Kier molecular flexibility index (Phi) is 6.43. The van der Waals surface area contributed by atoms with Crippen molar-refractivity contribution in [2.45, 2.75) is 19.5 Å². The highest BCUT2D eigenvalue weighted by Crippen LogP contribution is 2.12. The zero-order chi connectivity index (χ0) is 21.7. The molecule has 3 rings (SSSR count). The van der Waals surface area contributed by atoms with Crippen LogP contribution in [0.4, 0.5) is 10.1 Å². The minimum atomic E-state index is -0.476. The van der Waals surface area contributed by atoms with E-state index >= 15 is 0 Å². The number of nitrogens with one attached hydrogen (secondary N) is 2. The molecule has 3 aromatic rings. The number of carbonyl (C=O) groups is 2. The average Bonchev–Trinajstić information content (AvgIpc) is 2.76. The van der Waals surface area contributed by atoms with Gasteiger partial charge in [0.1, 0.15) is 11.5 Å². The van der Waals surface area contributed by atoms with Crippen molar-refractivity contribution in [1.29, 1.82) is 0 Å². The minimum absolute atomic E-state index is 0.0519. The van der Waals surface area contributed by atoms with Gasteiger partial charge in [-0.25, -0.2) is 9.37 Å². The van der Waals surface area contributed by atoms with E-state index in [4.69, 9.17) is 0 Å². The Hall–Kier alpha value is -3.72. The largest absolute Gasteiger partial charge is 0.319 e. The molecule has 2 N–H and O–H groups in total. The van der Waals surface area contributed by atoms with Crippen LogP contribution >= 0.6 is 0 Å². The number of amides is 1. The van der Waals surface area contributed by atoms with Crippen LogP contribution in [0, 0.1) is 5.82 Å². The molecule has 1 atom stereocenters. The van der Waals surface area contributed by atoms with E-state index in [0.717, 1.165) is 0 Å². The average molecular weight is 409 g/mol. The van der Waals surface area contributed by atoms with Gasteiger partial charge in [0, 0.05) is 23.5 Å². The normalized spacial score (nSPS) is 11.7. The van der Waals surface area contributed by atoms with Crippen molar-refractivity contribution in [3.8, 4) is 0 Å². The van der Waals surface area contributed by atoms with Crippen molar-refractivity contribution in [2.24, 2.45) is 0 Å². The van der Waals surface area contributed by atoms with E-state index in [1.54, 1.807) is 20.0 Å². The minimum Gasteiger partial charge on any atom is -0.319 e. The Morgan fingerprint density at radius 3 is 2.53 bits per heavy atom. The van der Waals surface area contributed by atoms with E-state index in [9.17, 15) is 18.8 Å². The number of benzene rings is 1. The molecule has 8 nitrogen and oxygen atoms in total. The van der Waals surface area contributed by atoms with Crippen LogP contribution in [-0.2, 0) is 11.3 Å². The summed E-state index contributed by atoms with van der Waals surface area (Å²) in [6.07, 6.45) is 5.56. The number of anilines is 1. The monoisotopic (exact) mass is 409 g/mol. The first-order valence-electron chi connectivity index (χ1n) is 9.16. The van der Waals surface area contributed by atoms with E-state index < -0.39 is 17.4 Å².